The van der Waals surface area contributed by atoms with E-state index < -0.39 is 10.0 Å². The van der Waals surface area contributed by atoms with Crippen LogP contribution in [0.25, 0.3) is 0 Å². The van der Waals surface area contributed by atoms with Gasteiger partial charge in [0.2, 0.25) is 10.0 Å². The van der Waals surface area contributed by atoms with E-state index >= 15 is 0 Å². The number of benzene rings is 2. The third kappa shape index (κ3) is 4.33. The van der Waals surface area contributed by atoms with Crippen molar-refractivity contribution in [3.8, 4) is 11.5 Å². The molecule has 1 amide bonds. The maximum absolute atomic E-state index is 12.5. The number of anilines is 1. The van der Waals surface area contributed by atoms with Crippen molar-refractivity contribution in [3.63, 3.8) is 0 Å². The SMILES string of the molecule is CC(NC(=O)c1ccc(N(C)S(C)(=O)=O)cc1)c1ccc2c(c1)OCCO2. The van der Waals surface area contributed by atoms with Crippen LogP contribution < -0.4 is 19.1 Å². The van der Waals surface area contributed by atoms with Gasteiger partial charge in [0.05, 0.1) is 18.0 Å². The zero-order chi connectivity index (χ0) is 19.6. The Balaban J connectivity index is 1.69. The van der Waals surface area contributed by atoms with Crippen LogP contribution >= 0.6 is 0 Å². The number of nitrogens with one attached hydrogen (secondary N) is 1. The van der Waals surface area contributed by atoms with Gasteiger partial charge >= 0.3 is 0 Å². The largest absolute Gasteiger partial charge is 0.486 e. The van der Waals surface area contributed by atoms with Crippen LogP contribution in [0.4, 0.5) is 5.69 Å². The highest BCUT2D eigenvalue weighted by Crippen LogP contribution is 2.32. The zero-order valence-electron chi connectivity index (χ0n) is 15.4. The number of carbonyl (C=O) groups is 1. The highest BCUT2D eigenvalue weighted by molar-refractivity contribution is 7.92. The van der Waals surface area contributed by atoms with Crippen LogP contribution in [-0.4, -0.2) is 40.8 Å². The number of hydrogen-bond acceptors (Lipinski definition) is 5. The molecule has 1 N–H and O–H groups in total. The molecule has 0 spiro atoms. The molecule has 1 heterocycles. The topological polar surface area (TPSA) is 84.9 Å². The maximum Gasteiger partial charge on any atom is 0.251 e. The standard InChI is InChI=1S/C19H22N2O5S/c1-13(15-6-9-17-18(12-15)26-11-10-25-17)20-19(22)14-4-7-16(8-5-14)21(2)27(3,23)24/h4-9,12-13H,10-11H2,1-3H3,(H,20,22). The Labute approximate surface area is 158 Å². The minimum atomic E-state index is -3.34. The van der Waals surface area contributed by atoms with Crippen LogP contribution in [0.5, 0.6) is 11.5 Å². The summed E-state index contributed by atoms with van der Waals surface area (Å²) in [6.07, 6.45) is 1.13. The number of nitrogens with zero attached hydrogens (tertiary/aromatic N) is 1. The summed E-state index contributed by atoms with van der Waals surface area (Å²) in [5.41, 5.74) is 1.85. The average molecular weight is 390 g/mol. The van der Waals surface area contributed by atoms with E-state index in [1.54, 1.807) is 24.3 Å². The third-order valence-electron chi connectivity index (χ3n) is 4.40. The van der Waals surface area contributed by atoms with Crippen LogP contribution in [0.3, 0.4) is 0 Å². The van der Waals surface area contributed by atoms with Crippen molar-refractivity contribution >= 4 is 21.6 Å². The van der Waals surface area contributed by atoms with Crippen LogP contribution in [-0.2, 0) is 10.0 Å². The highest BCUT2D eigenvalue weighted by Gasteiger charge is 2.17. The van der Waals surface area contributed by atoms with Crippen LogP contribution in [0, 0.1) is 0 Å². The monoisotopic (exact) mass is 390 g/mol. The van der Waals surface area contributed by atoms with E-state index in [0.29, 0.717) is 36.0 Å². The Bertz CT molecular complexity index is 941. The van der Waals surface area contributed by atoms with Crippen molar-refractivity contribution in [1.82, 2.24) is 5.32 Å². The molecule has 1 atom stereocenters. The average Bonchev–Trinajstić information content (AvgIpc) is 2.66. The molecule has 0 fully saturated rings. The summed E-state index contributed by atoms with van der Waals surface area (Å²) in [6, 6.07) is 11.8. The lowest BCUT2D eigenvalue weighted by Crippen LogP contribution is -2.27. The Kier molecular flexibility index (Phi) is 5.27. The summed E-state index contributed by atoms with van der Waals surface area (Å²) < 4.78 is 35.4. The molecule has 144 valence electrons. The van der Waals surface area contributed by atoms with E-state index in [1.807, 2.05) is 25.1 Å². The van der Waals surface area contributed by atoms with Crippen molar-refractivity contribution in [2.24, 2.45) is 0 Å². The lowest BCUT2D eigenvalue weighted by Gasteiger charge is -2.21. The first-order valence-electron chi connectivity index (χ1n) is 8.50. The van der Waals surface area contributed by atoms with Crippen molar-refractivity contribution in [1.29, 1.82) is 0 Å². The zero-order valence-corrected chi connectivity index (χ0v) is 16.2. The third-order valence-corrected chi connectivity index (χ3v) is 5.61. The van der Waals surface area contributed by atoms with Crippen molar-refractivity contribution < 1.29 is 22.7 Å². The predicted octanol–water partition coefficient (Wildman–Crippen LogP) is 2.34. The number of rotatable bonds is 5. The van der Waals surface area contributed by atoms with Gasteiger partial charge in [-0.3, -0.25) is 9.10 Å². The van der Waals surface area contributed by atoms with E-state index in [0.717, 1.165) is 16.1 Å². The summed E-state index contributed by atoms with van der Waals surface area (Å²) in [5.74, 6) is 1.13. The van der Waals surface area contributed by atoms with E-state index in [9.17, 15) is 13.2 Å². The van der Waals surface area contributed by atoms with Gasteiger partial charge in [-0.05, 0) is 48.9 Å². The number of hydrogen-bond donors (Lipinski definition) is 1. The fraction of sp³-hybridized carbons (Fsp3) is 0.316. The van der Waals surface area contributed by atoms with E-state index in [-0.39, 0.29) is 11.9 Å². The quantitative estimate of drug-likeness (QED) is 0.847. The fourth-order valence-electron chi connectivity index (χ4n) is 2.71. The van der Waals surface area contributed by atoms with Crippen molar-refractivity contribution in [2.45, 2.75) is 13.0 Å². The molecule has 3 rings (SSSR count). The first-order valence-corrected chi connectivity index (χ1v) is 10.3. The number of ether oxygens (including phenoxy) is 2. The molecule has 2 aromatic carbocycles. The number of amides is 1. The molecule has 0 aromatic heterocycles. The minimum absolute atomic E-state index is 0.230. The van der Waals surface area contributed by atoms with E-state index in [2.05, 4.69) is 5.32 Å². The Morgan fingerprint density at radius 2 is 1.70 bits per heavy atom. The number of sulfonamides is 1. The lowest BCUT2D eigenvalue weighted by atomic mass is 10.1. The first kappa shape index (κ1) is 19.0. The Morgan fingerprint density at radius 3 is 2.33 bits per heavy atom. The van der Waals surface area contributed by atoms with Crippen LogP contribution in [0.15, 0.2) is 42.5 Å². The van der Waals surface area contributed by atoms with Crippen LogP contribution in [0.2, 0.25) is 0 Å². The van der Waals surface area contributed by atoms with Crippen LogP contribution in [0.1, 0.15) is 28.9 Å². The van der Waals surface area contributed by atoms with Gasteiger partial charge in [0.25, 0.3) is 5.91 Å². The Hall–Kier alpha value is -2.74. The first-order chi connectivity index (χ1) is 12.8. The second kappa shape index (κ2) is 7.48. The molecular formula is C19H22N2O5S. The normalized spacial score (nSPS) is 14.3. The summed E-state index contributed by atoms with van der Waals surface area (Å²) >= 11 is 0. The van der Waals surface area contributed by atoms with Gasteiger partial charge in [0.1, 0.15) is 13.2 Å². The van der Waals surface area contributed by atoms with Crippen molar-refractivity contribution in [2.75, 3.05) is 30.8 Å². The van der Waals surface area contributed by atoms with Gasteiger partial charge in [0.15, 0.2) is 11.5 Å². The molecule has 1 unspecified atom stereocenters. The van der Waals surface area contributed by atoms with Gasteiger partial charge in [-0.2, -0.15) is 0 Å². The fourth-order valence-corrected chi connectivity index (χ4v) is 3.21. The Morgan fingerprint density at radius 1 is 1.07 bits per heavy atom. The molecule has 0 radical (unpaired) electrons. The molecule has 0 saturated carbocycles. The van der Waals surface area contributed by atoms with Gasteiger partial charge in [-0.1, -0.05) is 6.07 Å². The van der Waals surface area contributed by atoms with E-state index in [1.165, 1.54) is 7.05 Å². The summed E-state index contributed by atoms with van der Waals surface area (Å²) in [6.45, 7) is 2.92. The smallest absolute Gasteiger partial charge is 0.251 e. The summed E-state index contributed by atoms with van der Waals surface area (Å²) in [4.78, 5) is 12.5. The molecule has 7 nitrogen and oxygen atoms in total. The lowest BCUT2D eigenvalue weighted by molar-refractivity contribution is 0.0939. The number of fused-ring (bicyclic) bond motifs is 1. The summed E-state index contributed by atoms with van der Waals surface area (Å²) in [5, 5.41) is 2.93. The minimum Gasteiger partial charge on any atom is -0.486 e. The van der Waals surface area contributed by atoms with Gasteiger partial charge in [-0.25, -0.2) is 8.42 Å². The molecule has 1 aliphatic rings. The molecule has 27 heavy (non-hydrogen) atoms. The molecule has 0 saturated heterocycles. The second-order valence-corrected chi connectivity index (χ2v) is 8.39. The van der Waals surface area contributed by atoms with Crippen molar-refractivity contribution in [3.05, 3.63) is 53.6 Å². The summed E-state index contributed by atoms with van der Waals surface area (Å²) in [7, 11) is -1.87. The second-order valence-electron chi connectivity index (χ2n) is 6.38. The highest BCUT2D eigenvalue weighted by atomic mass is 32.2. The van der Waals surface area contributed by atoms with Gasteiger partial charge in [-0.15, -0.1) is 0 Å². The molecular weight excluding hydrogens is 368 g/mol. The molecule has 0 aliphatic carbocycles. The van der Waals surface area contributed by atoms with Gasteiger partial charge < -0.3 is 14.8 Å². The van der Waals surface area contributed by atoms with E-state index in [4.69, 9.17) is 9.47 Å². The molecule has 2 aromatic rings. The maximum atomic E-state index is 12.5. The predicted molar refractivity (Wildman–Crippen MR) is 103 cm³/mol. The molecule has 8 heteroatoms. The molecule has 0 bridgehead atoms. The number of carbonyl (C=O) groups excluding carboxylic acids is 1. The van der Waals surface area contributed by atoms with Gasteiger partial charge in [0, 0.05) is 12.6 Å². The molecule has 1 aliphatic heterocycles.